The molecule has 0 aliphatic carbocycles. The maximum atomic E-state index is 5.45. The Balaban J connectivity index is 3.07. The van der Waals surface area contributed by atoms with Gasteiger partial charge in [0.2, 0.25) is 0 Å². The van der Waals surface area contributed by atoms with Gasteiger partial charge in [0, 0.05) is 12.8 Å². The average Bonchev–Trinajstić information content (AvgIpc) is 2.17. The number of aromatic nitrogens is 2. The van der Waals surface area contributed by atoms with Crippen molar-refractivity contribution in [1.29, 1.82) is 0 Å². The number of nitrogens with one attached hydrogen (secondary N) is 1. The van der Waals surface area contributed by atoms with Crippen LogP contribution in [0.4, 0.5) is 0 Å². The van der Waals surface area contributed by atoms with Gasteiger partial charge < -0.3 is 9.72 Å². The van der Waals surface area contributed by atoms with Crippen molar-refractivity contribution in [3.63, 3.8) is 0 Å². The van der Waals surface area contributed by atoms with Crippen molar-refractivity contribution in [3.05, 3.63) is 22.2 Å². The van der Waals surface area contributed by atoms with Crippen molar-refractivity contribution in [2.45, 2.75) is 39.7 Å². The summed E-state index contributed by atoms with van der Waals surface area (Å²) in [6, 6.07) is 1.93. The highest BCUT2D eigenvalue weighted by atomic mass is 32.1. The van der Waals surface area contributed by atoms with Crippen molar-refractivity contribution >= 4 is 12.2 Å². The first-order valence-corrected chi connectivity index (χ1v) is 6.12. The first kappa shape index (κ1) is 13.3. The molecule has 1 rings (SSSR count). The number of nitrogens with zero attached hydrogens (tertiary/aromatic N) is 1. The molecule has 3 nitrogen and oxygen atoms in total. The van der Waals surface area contributed by atoms with E-state index in [0.29, 0.717) is 10.6 Å². The van der Waals surface area contributed by atoms with Crippen molar-refractivity contribution in [2.24, 2.45) is 5.92 Å². The summed E-state index contributed by atoms with van der Waals surface area (Å²) in [4.78, 5) is 7.66. The highest BCUT2D eigenvalue weighted by Crippen LogP contribution is 2.22. The third kappa shape index (κ3) is 3.39. The molecule has 0 fully saturated rings. The third-order valence-electron chi connectivity index (χ3n) is 2.47. The zero-order valence-corrected chi connectivity index (χ0v) is 11.2. The van der Waals surface area contributed by atoms with Crippen molar-refractivity contribution in [1.82, 2.24) is 9.97 Å². The van der Waals surface area contributed by atoms with Crippen LogP contribution in [0, 0.1) is 10.6 Å². The quantitative estimate of drug-likeness (QED) is 0.801. The molecule has 0 aromatic carbocycles. The molecule has 0 saturated carbocycles. The van der Waals surface area contributed by atoms with E-state index in [0.717, 1.165) is 24.4 Å². The summed E-state index contributed by atoms with van der Waals surface area (Å²) >= 11 is 5.17. The molecule has 1 aromatic rings. The van der Waals surface area contributed by atoms with Crippen molar-refractivity contribution < 1.29 is 4.74 Å². The smallest absolute Gasteiger partial charge is 0.137 e. The first-order valence-electron chi connectivity index (χ1n) is 5.71. The summed E-state index contributed by atoms with van der Waals surface area (Å²) in [5, 5.41) is 0. The predicted octanol–water partition coefficient (Wildman–Crippen LogP) is 3.44. The van der Waals surface area contributed by atoms with Gasteiger partial charge in [-0.1, -0.05) is 39.4 Å². The minimum absolute atomic E-state index is 0.0153. The summed E-state index contributed by atoms with van der Waals surface area (Å²) in [5.41, 5.74) is 1.14. The first-order chi connectivity index (χ1) is 7.58. The highest BCUT2D eigenvalue weighted by molar-refractivity contribution is 7.71. The minimum atomic E-state index is -0.0153. The second-order valence-electron chi connectivity index (χ2n) is 4.28. The monoisotopic (exact) mass is 240 g/mol. The molecule has 90 valence electrons. The van der Waals surface area contributed by atoms with E-state index in [1.165, 1.54) is 0 Å². The maximum absolute atomic E-state index is 5.45. The molecule has 0 aliphatic heterocycles. The van der Waals surface area contributed by atoms with E-state index in [9.17, 15) is 0 Å². The maximum Gasteiger partial charge on any atom is 0.137 e. The molecule has 4 heteroatoms. The molecule has 16 heavy (non-hydrogen) atoms. The molecule has 0 bridgehead atoms. The van der Waals surface area contributed by atoms with Gasteiger partial charge in [0.25, 0.3) is 0 Å². The van der Waals surface area contributed by atoms with E-state index < -0.39 is 0 Å². The Labute approximate surface area is 102 Å². The molecular weight excluding hydrogens is 220 g/mol. The molecule has 1 aromatic heterocycles. The van der Waals surface area contributed by atoms with Gasteiger partial charge in [0.05, 0.1) is 0 Å². The van der Waals surface area contributed by atoms with Crippen LogP contribution in [-0.2, 0) is 11.2 Å². The zero-order valence-electron chi connectivity index (χ0n) is 10.4. The van der Waals surface area contributed by atoms with Gasteiger partial charge in [-0.05, 0) is 18.4 Å². The normalized spacial score (nSPS) is 13.1. The number of aromatic amines is 1. The summed E-state index contributed by atoms with van der Waals surface area (Å²) < 4.78 is 6.08. The van der Waals surface area contributed by atoms with Crippen molar-refractivity contribution in [2.75, 3.05) is 7.11 Å². The van der Waals surface area contributed by atoms with Crippen LogP contribution in [0.25, 0.3) is 0 Å². The van der Waals surface area contributed by atoms with Crippen LogP contribution in [0.1, 0.15) is 44.8 Å². The van der Waals surface area contributed by atoms with E-state index in [2.05, 4.69) is 30.7 Å². The Morgan fingerprint density at radius 2 is 2.19 bits per heavy atom. The van der Waals surface area contributed by atoms with E-state index in [4.69, 9.17) is 17.0 Å². The van der Waals surface area contributed by atoms with Gasteiger partial charge in [0.15, 0.2) is 0 Å². The molecule has 1 N–H and O–H groups in total. The Morgan fingerprint density at radius 3 is 2.69 bits per heavy atom. The molecule has 1 unspecified atom stereocenters. The summed E-state index contributed by atoms with van der Waals surface area (Å²) in [7, 11) is 1.70. The standard InChI is InChI=1S/C12H20N2OS/c1-5-6-9-7-10(16)14-12(13-9)11(15-4)8(2)3/h7-8,11H,5-6H2,1-4H3,(H,13,14,16). The highest BCUT2D eigenvalue weighted by Gasteiger charge is 2.17. The average molecular weight is 240 g/mol. The lowest BCUT2D eigenvalue weighted by Gasteiger charge is -2.19. The molecule has 1 atom stereocenters. The molecule has 0 aliphatic rings. The number of H-pyrrole nitrogens is 1. The van der Waals surface area contributed by atoms with Crippen LogP contribution in [0.3, 0.4) is 0 Å². The minimum Gasteiger partial charge on any atom is -0.373 e. The second kappa shape index (κ2) is 6.11. The lowest BCUT2D eigenvalue weighted by Crippen LogP contribution is -2.14. The lowest BCUT2D eigenvalue weighted by atomic mass is 10.1. The molecule has 0 saturated heterocycles. The van der Waals surface area contributed by atoms with Crippen LogP contribution in [0.5, 0.6) is 0 Å². The molecular formula is C12H20N2OS. The largest absolute Gasteiger partial charge is 0.373 e. The Hall–Kier alpha value is -0.740. The van der Waals surface area contributed by atoms with Gasteiger partial charge in [-0.2, -0.15) is 0 Å². The van der Waals surface area contributed by atoms with Crippen LogP contribution in [0.2, 0.25) is 0 Å². The topological polar surface area (TPSA) is 37.9 Å². The van der Waals surface area contributed by atoms with Gasteiger partial charge in [-0.15, -0.1) is 0 Å². The van der Waals surface area contributed by atoms with E-state index in [1.807, 2.05) is 6.07 Å². The van der Waals surface area contributed by atoms with Gasteiger partial charge in [0.1, 0.15) is 16.6 Å². The second-order valence-corrected chi connectivity index (χ2v) is 4.70. The lowest BCUT2D eigenvalue weighted by molar-refractivity contribution is 0.0572. The Bertz CT molecular complexity index is 387. The number of methoxy groups -OCH3 is 1. The van der Waals surface area contributed by atoms with Gasteiger partial charge in [-0.3, -0.25) is 0 Å². The SMILES string of the molecule is CCCc1cc(=S)nc(C(OC)C(C)C)[nH]1. The molecule has 0 radical (unpaired) electrons. The van der Waals surface area contributed by atoms with Crippen LogP contribution >= 0.6 is 12.2 Å². The predicted molar refractivity (Wildman–Crippen MR) is 68.0 cm³/mol. The number of aryl methyl sites for hydroxylation is 1. The van der Waals surface area contributed by atoms with Crippen LogP contribution in [0.15, 0.2) is 6.07 Å². The third-order valence-corrected chi connectivity index (χ3v) is 2.67. The van der Waals surface area contributed by atoms with Gasteiger partial charge in [-0.25, -0.2) is 4.98 Å². The molecule has 0 spiro atoms. The van der Waals surface area contributed by atoms with Crippen LogP contribution < -0.4 is 0 Å². The number of hydrogen-bond acceptors (Lipinski definition) is 3. The van der Waals surface area contributed by atoms with Gasteiger partial charge >= 0.3 is 0 Å². The number of rotatable bonds is 5. The summed E-state index contributed by atoms with van der Waals surface area (Å²) in [6.45, 7) is 6.37. The van der Waals surface area contributed by atoms with E-state index in [1.54, 1.807) is 7.11 Å². The fourth-order valence-corrected chi connectivity index (χ4v) is 2.01. The van der Waals surface area contributed by atoms with E-state index >= 15 is 0 Å². The fraction of sp³-hybridized carbons (Fsp3) is 0.667. The summed E-state index contributed by atoms with van der Waals surface area (Å²) in [6.07, 6.45) is 2.07. The zero-order chi connectivity index (χ0) is 12.1. The van der Waals surface area contributed by atoms with E-state index in [-0.39, 0.29) is 6.10 Å². The molecule has 0 amide bonds. The Kier molecular flexibility index (Phi) is 5.09. The molecule has 1 heterocycles. The fourth-order valence-electron chi connectivity index (χ4n) is 1.77. The van der Waals surface area contributed by atoms with Crippen molar-refractivity contribution in [3.8, 4) is 0 Å². The number of ether oxygens (including phenoxy) is 1. The van der Waals surface area contributed by atoms with Crippen LogP contribution in [-0.4, -0.2) is 17.1 Å². The number of hydrogen-bond donors (Lipinski definition) is 1. The Morgan fingerprint density at radius 1 is 1.50 bits per heavy atom. The summed E-state index contributed by atoms with van der Waals surface area (Å²) in [5.74, 6) is 1.22.